The summed E-state index contributed by atoms with van der Waals surface area (Å²) < 4.78 is 0. The molecule has 2 heterocycles. The Morgan fingerprint density at radius 1 is 1.47 bits per heavy atom. The highest BCUT2D eigenvalue weighted by molar-refractivity contribution is 5.95. The van der Waals surface area contributed by atoms with Gasteiger partial charge in [0.05, 0.1) is 23.0 Å². The van der Waals surface area contributed by atoms with Gasteiger partial charge in [-0.1, -0.05) is 6.92 Å². The summed E-state index contributed by atoms with van der Waals surface area (Å²) in [5.74, 6) is 0.434. The first-order valence-electron chi connectivity index (χ1n) is 6.11. The Morgan fingerprint density at radius 3 is 2.89 bits per heavy atom. The molecular weight excluding hydrogens is 244 g/mol. The first-order valence-corrected chi connectivity index (χ1v) is 6.11. The second-order valence-corrected chi connectivity index (χ2v) is 4.27. The fourth-order valence-corrected chi connectivity index (χ4v) is 1.74. The van der Waals surface area contributed by atoms with Crippen LogP contribution >= 0.6 is 0 Å². The number of hydrogen-bond donors (Lipinski definition) is 2. The molecule has 0 aliphatic carbocycles. The number of carbonyl (C=O) groups excluding carboxylic acids is 1. The quantitative estimate of drug-likeness (QED) is 0.853. The molecule has 7 nitrogen and oxygen atoms in total. The lowest BCUT2D eigenvalue weighted by Crippen LogP contribution is -2.28. The van der Waals surface area contributed by atoms with E-state index in [9.17, 15) is 4.79 Å². The molecule has 2 N–H and O–H groups in total. The number of carbonyl (C=O) groups is 1. The molecule has 0 radical (unpaired) electrons. The van der Waals surface area contributed by atoms with Gasteiger partial charge in [-0.3, -0.25) is 9.89 Å². The molecule has 0 spiro atoms. The Labute approximate surface area is 110 Å². The van der Waals surface area contributed by atoms with Crippen LogP contribution in [0.3, 0.4) is 0 Å². The molecule has 19 heavy (non-hydrogen) atoms. The first-order chi connectivity index (χ1) is 9.11. The van der Waals surface area contributed by atoms with Crippen LogP contribution in [0.25, 0.3) is 0 Å². The summed E-state index contributed by atoms with van der Waals surface area (Å²) in [6.07, 6.45) is 2.07. The smallest absolute Gasteiger partial charge is 0.253 e. The molecule has 0 saturated carbocycles. The standard InChI is InChI=1S/C12H16N6O/c1-4-10-9(5-7(2)16-17-10)12(19)15-8(3)11-13-6-14-18-11/h5-6,8H,4H2,1-3H3,(H,15,19)(H,13,14,18). The van der Waals surface area contributed by atoms with Crippen molar-refractivity contribution in [2.75, 3.05) is 0 Å². The zero-order valence-corrected chi connectivity index (χ0v) is 11.1. The highest BCUT2D eigenvalue weighted by atomic mass is 16.1. The molecule has 1 amide bonds. The minimum atomic E-state index is -0.242. The zero-order chi connectivity index (χ0) is 13.8. The van der Waals surface area contributed by atoms with Crippen molar-refractivity contribution in [3.63, 3.8) is 0 Å². The molecular formula is C12H16N6O. The highest BCUT2D eigenvalue weighted by Gasteiger charge is 2.17. The van der Waals surface area contributed by atoms with Gasteiger partial charge in [-0.15, -0.1) is 0 Å². The van der Waals surface area contributed by atoms with Gasteiger partial charge in [0.2, 0.25) is 0 Å². The number of aromatic nitrogens is 5. The van der Waals surface area contributed by atoms with Gasteiger partial charge in [0.15, 0.2) is 0 Å². The number of amides is 1. The number of H-pyrrole nitrogens is 1. The van der Waals surface area contributed by atoms with Crippen molar-refractivity contribution < 1.29 is 4.79 Å². The van der Waals surface area contributed by atoms with Crippen molar-refractivity contribution in [1.82, 2.24) is 30.7 Å². The predicted molar refractivity (Wildman–Crippen MR) is 68.4 cm³/mol. The maximum absolute atomic E-state index is 12.2. The average Bonchev–Trinajstić information content (AvgIpc) is 2.92. The molecule has 100 valence electrons. The number of hydrogen-bond acceptors (Lipinski definition) is 5. The highest BCUT2D eigenvalue weighted by Crippen LogP contribution is 2.11. The van der Waals surface area contributed by atoms with E-state index in [4.69, 9.17) is 0 Å². The largest absolute Gasteiger partial charge is 0.342 e. The minimum Gasteiger partial charge on any atom is -0.342 e. The second-order valence-electron chi connectivity index (χ2n) is 4.27. The van der Waals surface area contributed by atoms with Crippen LogP contribution in [0.1, 0.15) is 47.5 Å². The third kappa shape index (κ3) is 2.93. The Hall–Kier alpha value is -2.31. The van der Waals surface area contributed by atoms with Crippen molar-refractivity contribution in [2.24, 2.45) is 0 Å². The van der Waals surface area contributed by atoms with Crippen LogP contribution < -0.4 is 5.32 Å². The maximum Gasteiger partial charge on any atom is 0.253 e. The van der Waals surface area contributed by atoms with Crippen LogP contribution in [-0.4, -0.2) is 31.3 Å². The van der Waals surface area contributed by atoms with Gasteiger partial charge < -0.3 is 5.32 Å². The van der Waals surface area contributed by atoms with Gasteiger partial charge in [0.25, 0.3) is 5.91 Å². The minimum absolute atomic E-state index is 0.182. The van der Waals surface area contributed by atoms with E-state index in [-0.39, 0.29) is 11.9 Å². The fraction of sp³-hybridized carbons (Fsp3) is 0.417. The molecule has 1 atom stereocenters. The summed E-state index contributed by atoms with van der Waals surface area (Å²) in [6.45, 7) is 5.59. The molecule has 0 aliphatic heterocycles. The van der Waals surface area contributed by atoms with E-state index in [0.29, 0.717) is 23.5 Å². The topological polar surface area (TPSA) is 96.5 Å². The van der Waals surface area contributed by atoms with E-state index in [0.717, 1.165) is 5.69 Å². The molecule has 2 aromatic rings. The third-order valence-corrected chi connectivity index (χ3v) is 2.76. The summed E-state index contributed by atoms with van der Waals surface area (Å²) in [5.41, 5.74) is 1.96. The zero-order valence-electron chi connectivity index (χ0n) is 11.1. The Morgan fingerprint density at radius 2 is 2.26 bits per heavy atom. The summed E-state index contributed by atoms with van der Waals surface area (Å²) in [6, 6.07) is 1.50. The summed E-state index contributed by atoms with van der Waals surface area (Å²) in [7, 11) is 0. The van der Waals surface area contributed by atoms with Crippen LogP contribution in [0.2, 0.25) is 0 Å². The monoisotopic (exact) mass is 260 g/mol. The summed E-state index contributed by atoms with van der Waals surface area (Å²) >= 11 is 0. The molecule has 0 aromatic carbocycles. The normalized spacial score (nSPS) is 12.2. The van der Waals surface area contributed by atoms with Crippen LogP contribution in [0.4, 0.5) is 0 Å². The molecule has 0 fully saturated rings. The van der Waals surface area contributed by atoms with E-state index >= 15 is 0 Å². The van der Waals surface area contributed by atoms with Gasteiger partial charge in [0, 0.05) is 0 Å². The van der Waals surface area contributed by atoms with Crippen molar-refractivity contribution in [1.29, 1.82) is 0 Å². The Bertz CT molecular complexity index is 566. The van der Waals surface area contributed by atoms with Gasteiger partial charge in [-0.25, -0.2) is 4.98 Å². The molecule has 0 bridgehead atoms. The van der Waals surface area contributed by atoms with Crippen LogP contribution in [0, 0.1) is 6.92 Å². The van der Waals surface area contributed by atoms with Crippen molar-refractivity contribution in [3.8, 4) is 0 Å². The molecule has 1 unspecified atom stereocenters. The van der Waals surface area contributed by atoms with Crippen LogP contribution in [0.5, 0.6) is 0 Å². The molecule has 0 saturated heterocycles. The number of nitrogens with one attached hydrogen (secondary N) is 2. The fourth-order valence-electron chi connectivity index (χ4n) is 1.74. The van der Waals surface area contributed by atoms with Crippen molar-refractivity contribution >= 4 is 5.91 Å². The molecule has 7 heteroatoms. The van der Waals surface area contributed by atoms with Crippen LogP contribution in [-0.2, 0) is 6.42 Å². The lowest BCUT2D eigenvalue weighted by atomic mass is 10.1. The summed E-state index contributed by atoms with van der Waals surface area (Å²) in [4.78, 5) is 16.3. The van der Waals surface area contributed by atoms with Crippen molar-refractivity contribution in [3.05, 3.63) is 35.2 Å². The van der Waals surface area contributed by atoms with E-state index in [1.165, 1.54) is 6.33 Å². The number of rotatable bonds is 4. The number of nitrogens with zero attached hydrogens (tertiary/aromatic N) is 4. The van der Waals surface area contributed by atoms with Crippen LogP contribution in [0.15, 0.2) is 12.4 Å². The van der Waals surface area contributed by atoms with E-state index in [2.05, 4.69) is 30.7 Å². The van der Waals surface area contributed by atoms with E-state index in [1.807, 2.05) is 20.8 Å². The van der Waals surface area contributed by atoms with Crippen molar-refractivity contribution in [2.45, 2.75) is 33.2 Å². The van der Waals surface area contributed by atoms with Gasteiger partial charge in [-0.05, 0) is 26.3 Å². The number of aryl methyl sites for hydroxylation is 2. The third-order valence-electron chi connectivity index (χ3n) is 2.76. The predicted octanol–water partition coefficient (Wildman–Crippen LogP) is 0.957. The number of aromatic amines is 1. The second kappa shape index (κ2) is 5.55. The lowest BCUT2D eigenvalue weighted by Gasteiger charge is -2.12. The lowest BCUT2D eigenvalue weighted by molar-refractivity contribution is 0.0936. The first kappa shape index (κ1) is 13.1. The maximum atomic E-state index is 12.2. The Kier molecular flexibility index (Phi) is 3.84. The van der Waals surface area contributed by atoms with Gasteiger partial charge in [-0.2, -0.15) is 15.3 Å². The molecule has 2 aromatic heterocycles. The van der Waals surface area contributed by atoms with Gasteiger partial charge >= 0.3 is 0 Å². The average molecular weight is 260 g/mol. The van der Waals surface area contributed by atoms with E-state index in [1.54, 1.807) is 6.07 Å². The SMILES string of the molecule is CCc1nnc(C)cc1C(=O)NC(C)c1ncn[nH]1. The molecule has 2 rings (SSSR count). The van der Waals surface area contributed by atoms with Gasteiger partial charge in [0.1, 0.15) is 12.2 Å². The molecule has 0 aliphatic rings. The summed E-state index contributed by atoms with van der Waals surface area (Å²) in [5, 5.41) is 17.4. The van der Waals surface area contributed by atoms with E-state index < -0.39 is 0 Å². The Balaban J connectivity index is 2.18.